The molecule has 0 bridgehead atoms. The number of aromatic nitrogens is 1. The highest BCUT2D eigenvalue weighted by molar-refractivity contribution is 14.1. The molecule has 250 valence electrons. The van der Waals surface area contributed by atoms with E-state index in [2.05, 4.69) is 68.1 Å². The van der Waals surface area contributed by atoms with Crippen molar-refractivity contribution in [3.8, 4) is 11.5 Å². The van der Waals surface area contributed by atoms with Gasteiger partial charge in [-0.1, -0.05) is 100 Å². The van der Waals surface area contributed by atoms with E-state index in [9.17, 15) is 9.59 Å². The fourth-order valence-electron chi connectivity index (χ4n) is 6.11. The van der Waals surface area contributed by atoms with Crippen LogP contribution in [0.2, 0.25) is 0 Å². The van der Waals surface area contributed by atoms with E-state index in [1.807, 2.05) is 105 Å². The number of fused-ring (bicyclic) bond motifs is 2. The van der Waals surface area contributed by atoms with E-state index in [4.69, 9.17) is 14.5 Å². The summed E-state index contributed by atoms with van der Waals surface area (Å²) in [6, 6.07) is 34.5. The fraction of sp³-hybridized carbons (Fsp3) is 0.125. The Morgan fingerprint density at radius 1 is 0.980 bits per heavy atom. The Kier molecular flexibility index (Phi) is 10.0. The summed E-state index contributed by atoms with van der Waals surface area (Å²) in [5.74, 6) is 1.06. The Labute approximate surface area is 314 Å². The number of hydrogen-bond acceptors (Lipinski definition) is 6. The average molecular weight is 857 g/mol. The summed E-state index contributed by atoms with van der Waals surface area (Å²) >= 11 is 7.20. The normalized spacial score (nSPS) is 14.3. The van der Waals surface area contributed by atoms with Gasteiger partial charge in [-0.05, 0) is 101 Å². The molecule has 1 aliphatic heterocycles. The van der Waals surface area contributed by atoms with Gasteiger partial charge in [0.1, 0.15) is 18.1 Å². The first kappa shape index (κ1) is 34.0. The van der Waals surface area contributed by atoms with E-state index in [-0.39, 0.29) is 11.5 Å². The quantitative estimate of drug-likeness (QED) is 0.148. The van der Waals surface area contributed by atoms with Crippen LogP contribution in [0.1, 0.15) is 36.6 Å². The highest BCUT2D eigenvalue weighted by Crippen LogP contribution is 2.34. The van der Waals surface area contributed by atoms with Gasteiger partial charge in [-0.25, -0.2) is 4.99 Å². The molecule has 1 N–H and O–H groups in total. The molecular formula is C40H31BrIN3O4S. The minimum atomic E-state index is -0.711. The van der Waals surface area contributed by atoms with Crippen LogP contribution in [0, 0.1) is 3.57 Å². The number of ether oxygens (including phenoxy) is 2. The molecule has 50 heavy (non-hydrogen) atoms. The molecule has 1 aliphatic rings. The Morgan fingerprint density at radius 2 is 1.72 bits per heavy atom. The van der Waals surface area contributed by atoms with E-state index in [1.165, 1.54) is 11.3 Å². The van der Waals surface area contributed by atoms with Gasteiger partial charge in [0.15, 0.2) is 4.80 Å². The van der Waals surface area contributed by atoms with Gasteiger partial charge in [0, 0.05) is 15.7 Å². The summed E-state index contributed by atoms with van der Waals surface area (Å²) < 4.78 is 16.1. The number of anilines is 1. The number of allylic oxidation sites excluding steroid dienone is 1. The number of amides is 1. The van der Waals surface area contributed by atoms with Crippen molar-refractivity contribution in [1.82, 2.24) is 4.57 Å². The van der Waals surface area contributed by atoms with Crippen LogP contribution < -0.4 is 29.7 Å². The lowest BCUT2D eigenvalue weighted by Crippen LogP contribution is -2.40. The molecule has 0 spiro atoms. The molecule has 10 heteroatoms. The molecule has 7 nitrogen and oxygen atoms in total. The summed E-state index contributed by atoms with van der Waals surface area (Å²) in [4.78, 5) is 33.7. The molecule has 0 fully saturated rings. The first-order valence-corrected chi connectivity index (χ1v) is 18.7. The SMILES string of the molecule is CCOc1ccc([C@@H]2C(C(=O)Nc3ccccc3)=C(C)N=c3s/c(=C\c4cc(Br)cc(I)c4OCc4cccc5ccccc45)c(=O)n32)cc1. The lowest BCUT2D eigenvalue weighted by molar-refractivity contribution is -0.113. The van der Waals surface area contributed by atoms with Crippen molar-refractivity contribution in [2.45, 2.75) is 26.5 Å². The van der Waals surface area contributed by atoms with Crippen molar-refractivity contribution in [1.29, 1.82) is 0 Å². The lowest BCUT2D eigenvalue weighted by Gasteiger charge is -2.25. The highest BCUT2D eigenvalue weighted by Gasteiger charge is 2.32. The van der Waals surface area contributed by atoms with Crippen molar-refractivity contribution in [2.24, 2.45) is 4.99 Å². The molecular weight excluding hydrogens is 825 g/mol. The van der Waals surface area contributed by atoms with Crippen LogP contribution in [-0.2, 0) is 11.4 Å². The predicted octanol–water partition coefficient (Wildman–Crippen LogP) is 8.37. The standard InChI is InChI=1S/C40H31BrIN3O4S/c1-3-48-31-18-16-26(17-19-31)36-35(38(46)44-30-13-5-4-6-14-30)24(2)43-40-45(36)39(47)34(50-40)21-28-20-29(41)22-33(42)37(28)49-23-27-12-9-11-25-10-7-8-15-32(25)27/h4-22,36H,3,23H2,1-2H3,(H,44,46)/b34-21-/t36-/m1/s1. The van der Waals surface area contributed by atoms with E-state index < -0.39 is 6.04 Å². The van der Waals surface area contributed by atoms with Crippen molar-refractivity contribution in [3.05, 3.63) is 165 Å². The van der Waals surface area contributed by atoms with Crippen LogP contribution in [0.4, 0.5) is 5.69 Å². The Balaban J connectivity index is 1.32. The van der Waals surface area contributed by atoms with Crippen LogP contribution in [0.3, 0.4) is 0 Å². The first-order chi connectivity index (χ1) is 24.3. The second-order valence-electron chi connectivity index (χ2n) is 11.6. The van der Waals surface area contributed by atoms with Gasteiger partial charge < -0.3 is 14.8 Å². The monoisotopic (exact) mass is 855 g/mol. The van der Waals surface area contributed by atoms with Crippen LogP contribution in [0.15, 0.2) is 135 Å². The van der Waals surface area contributed by atoms with Crippen LogP contribution >= 0.6 is 49.9 Å². The summed E-state index contributed by atoms with van der Waals surface area (Å²) in [5.41, 5.74) is 3.93. The Morgan fingerprint density at radius 3 is 2.50 bits per heavy atom. The molecule has 6 aromatic rings. The number of benzene rings is 5. The molecule has 2 heterocycles. The molecule has 0 aliphatic carbocycles. The predicted molar refractivity (Wildman–Crippen MR) is 212 cm³/mol. The zero-order valence-electron chi connectivity index (χ0n) is 27.2. The van der Waals surface area contributed by atoms with Crippen LogP contribution in [-0.4, -0.2) is 17.1 Å². The largest absolute Gasteiger partial charge is 0.494 e. The summed E-state index contributed by atoms with van der Waals surface area (Å²) in [5, 5.41) is 5.29. The van der Waals surface area contributed by atoms with Crippen LogP contribution in [0.25, 0.3) is 16.8 Å². The number of halogens is 2. The first-order valence-electron chi connectivity index (χ1n) is 16.0. The maximum Gasteiger partial charge on any atom is 0.271 e. The van der Waals surface area contributed by atoms with Crippen molar-refractivity contribution in [3.63, 3.8) is 0 Å². The molecule has 5 aromatic carbocycles. The van der Waals surface area contributed by atoms with Crippen molar-refractivity contribution < 1.29 is 14.3 Å². The number of thiazole rings is 1. The van der Waals surface area contributed by atoms with Gasteiger partial charge in [0.05, 0.1) is 32.0 Å². The van der Waals surface area contributed by atoms with E-state index in [0.29, 0.717) is 51.0 Å². The van der Waals surface area contributed by atoms with Gasteiger partial charge in [-0.2, -0.15) is 0 Å². The van der Waals surface area contributed by atoms with Crippen molar-refractivity contribution >= 4 is 78.3 Å². The van der Waals surface area contributed by atoms with E-state index in [0.717, 1.165) is 35.5 Å². The molecule has 0 saturated carbocycles. The van der Waals surface area contributed by atoms with E-state index >= 15 is 0 Å². The lowest BCUT2D eigenvalue weighted by atomic mass is 9.95. The van der Waals surface area contributed by atoms with Gasteiger partial charge in [0.25, 0.3) is 11.5 Å². The maximum absolute atomic E-state index is 14.5. The Hall–Kier alpha value is -4.52. The number of nitrogens with one attached hydrogen (secondary N) is 1. The fourth-order valence-corrected chi connectivity index (χ4v) is 8.85. The number of hydrogen-bond donors (Lipinski definition) is 1. The zero-order valence-corrected chi connectivity index (χ0v) is 31.7. The molecule has 1 aromatic heterocycles. The number of carbonyl (C=O) groups is 1. The minimum absolute atomic E-state index is 0.250. The zero-order chi connectivity index (χ0) is 34.8. The second kappa shape index (κ2) is 14.8. The van der Waals surface area contributed by atoms with Gasteiger partial charge in [-0.15, -0.1) is 0 Å². The van der Waals surface area contributed by atoms with Gasteiger partial charge in [0.2, 0.25) is 0 Å². The highest BCUT2D eigenvalue weighted by atomic mass is 127. The third kappa shape index (κ3) is 6.92. The topological polar surface area (TPSA) is 81.9 Å². The molecule has 1 amide bonds. The third-order valence-corrected chi connectivity index (χ3v) is 10.6. The number of nitrogens with zero attached hydrogens (tertiary/aromatic N) is 2. The average Bonchev–Trinajstić information content (AvgIpc) is 3.41. The summed E-state index contributed by atoms with van der Waals surface area (Å²) in [7, 11) is 0. The summed E-state index contributed by atoms with van der Waals surface area (Å²) in [6.07, 6.45) is 1.85. The smallest absolute Gasteiger partial charge is 0.271 e. The second-order valence-corrected chi connectivity index (χ2v) is 14.7. The summed E-state index contributed by atoms with van der Waals surface area (Å²) in [6.45, 7) is 4.63. The molecule has 0 saturated heterocycles. The Bertz CT molecular complexity index is 2450. The molecule has 1 atom stereocenters. The number of carbonyl (C=O) groups excluding carboxylic acids is 1. The van der Waals surface area contributed by atoms with E-state index in [1.54, 1.807) is 4.57 Å². The minimum Gasteiger partial charge on any atom is -0.494 e. The molecule has 0 radical (unpaired) electrons. The van der Waals surface area contributed by atoms with Gasteiger partial charge in [-0.3, -0.25) is 14.2 Å². The number of para-hydroxylation sites is 1. The maximum atomic E-state index is 14.5. The molecule has 7 rings (SSSR count). The number of rotatable bonds is 9. The molecule has 0 unspecified atom stereocenters. The van der Waals surface area contributed by atoms with Crippen molar-refractivity contribution in [2.75, 3.05) is 11.9 Å². The van der Waals surface area contributed by atoms with Crippen LogP contribution in [0.5, 0.6) is 11.5 Å². The third-order valence-electron chi connectivity index (χ3n) is 8.38. The van der Waals surface area contributed by atoms with Gasteiger partial charge >= 0.3 is 0 Å².